The van der Waals surface area contributed by atoms with Crippen molar-refractivity contribution in [3.63, 3.8) is 0 Å². The van der Waals surface area contributed by atoms with Gasteiger partial charge in [0, 0.05) is 5.56 Å². The van der Waals surface area contributed by atoms with Crippen molar-refractivity contribution in [2.24, 2.45) is 0 Å². The number of rotatable bonds is 7. The summed E-state index contributed by atoms with van der Waals surface area (Å²) in [6, 6.07) is 6.90. The fraction of sp³-hybridized carbons (Fsp3) is 0.400. The minimum atomic E-state index is -0.222. The second-order valence-electron chi connectivity index (χ2n) is 4.79. The molecular weight excluding hydrogens is 268 g/mol. The monoisotopic (exact) mass is 288 g/mol. The molecule has 1 amide bonds. The van der Waals surface area contributed by atoms with Crippen molar-refractivity contribution in [3.8, 4) is 5.75 Å². The van der Waals surface area contributed by atoms with Crippen LogP contribution in [-0.2, 0) is 0 Å². The number of H-pyrrole nitrogens is 1. The SMILES string of the molecule is CCCCOc1ccc(C(=O)NC(C)c2ncn[nH]2)cc1. The number of carbonyl (C=O) groups excluding carboxylic acids is 1. The van der Waals surface area contributed by atoms with E-state index in [1.165, 1.54) is 6.33 Å². The molecule has 0 fully saturated rings. The lowest BCUT2D eigenvalue weighted by molar-refractivity contribution is 0.0938. The van der Waals surface area contributed by atoms with Gasteiger partial charge >= 0.3 is 0 Å². The fourth-order valence-corrected chi connectivity index (χ4v) is 1.81. The van der Waals surface area contributed by atoms with Gasteiger partial charge in [0.2, 0.25) is 0 Å². The Morgan fingerprint density at radius 2 is 2.14 bits per heavy atom. The molecule has 0 saturated heterocycles. The minimum absolute atomic E-state index is 0.154. The van der Waals surface area contributed by atoms with E-state index in [0.717, 1.165) is 18.6 Å². The number of aromatic amines is 1. The summed E-state index contributed by atoms with van der Waals surface area (Å²) in [7, 11) is 0. The third-order valence-corrected chi connectivity index (χ3v) is 3.07. The van der Waals surface area contributed by atoms with Crippen LogP contribution in [0.4, 0.5) is 0 Å². The molecule has 0 aliphatic carbocycles. The summed E-state index contributed by atoms with van der Waals surface area (Å²) in [5, 5.41) is 9.36. The van der Waals surface area contributed by atoms with E-state index in [4.69, 9.17) is 4.74 Å². The Kier molecular flexibility index (Phi) is 5.31. The molecule has 2 rings (SSSR count). The molecule has 1 atom stereocenters. The maximum Gasteiger partial charge on any atom is 0.251 e. The number of hydrogen-bond donors (Lipinski definition) is 2. The highest BCUT2D eigenvalue weighted by molar-refractivity contribution is 5.94. The Hall–Kier alpha value is -2.37. The lowest BCUT2D eigenvalue weighted by Gasteiger charge is -2.11. The van der Waals surface area contributed by atoms with Gasteiger partial charge < -0.3 is 10.1 Å². The minimum Gasteiger partial charge on any atom is -0.494 e. The van der Waals surface area contributed by atoms with Gasteiger partial charge in [0.1, 0.15) is 17.9 Å². The summed E-state index contributed by atoms with van der Waals surface area (Å²) in [4.78, 5) is 16.1. The van der Waals surface area contributed by atoms with Gasteiger partial charge in [0.25, 0.3) is 5.91 Å². The van der Waals surface area contributed by atoms with Crippen molar-refractivity contribution in [1.29, 1.82) is 0 Å². The van der Waals surface area contributed by atoms with E-state index < -0.39 is 0 Å². The van der Waals surface area contributed by atoms with E-state index in [9.17, 15) is 4.79 Å². The summed E-state index contributed by atoms with van der Waals surface area (Å²) in [6.45, 7) is 4.66. The Morgan fingerprint density at radius 3 is 2.76 bits per heavy atom. The van der Waals surface area contributed by atoms with Crippen molar-refractivity contribution >= 4 is 5.91 Å². The van der Waals surface area contributed by atoms with Crippen LogP contribution in [-0.4, -0.2) is 27.7 Å². The summed E-state index contributed by atoms with van der Waals surface area (Å²) < 4.78 is 5.57. The summed E-state index contributed by atoms with van der Waals surface area (Å²) >= 11 is 0. The number of carbonyl (C=O) groups is 1. The quantitative estimate of drug-likeness (QED) is 0.767. The van der Waals surface area contributed by atoms with Gasteiger partial charge in [-0.15, -0.1) is 0 Å². The molecule has 0 spiro atoms. The van der Waals surface area contributed by atoms with Crippen molar-refractivity contribution < 1.29 is 9.53 Å². The lowest BCUT2D eigenvalue weighted by atomic mass is 10.2. The fourth-order valence-electron chi connectivity index (χ4n) is 1.81. The first kappa shape index (κ1) is 15.0. The topological polar surface area (TPSA) is 79.9 Å². The van der Waals surface area contributed by atoms with Crippen molar-refractivity contribution in [1.82, 2.24) is 20.5 Å². The molecule has 112 valence electrons. The van der Waals surface area contributed by atoms with Crippen LogP contribution in [0.3, 0.4) is 0 Å². The molecule has 2 N–H and O–H groups in total. The molecule has 0 radical (unpaired) electrons. The maximum absolute atomic E-state index is 12.1. The Balaban J connectivity index is 1.90. The smallest absolute Gasteiger partial charge is 0.251 e. The van der Waals surface area contributed by atoms with Gasteiger partial charge in [0.15, 0.2) is 0 Å². The van der Waals surface area contributed by atoms with Gasteiger partial charge in [-0.3, -0.25) is 9.89 Å². The zero-order valence-electron chi connectivity index (χ0n) is 12.3. The number of amides is 1. The van der Waals surface area contributed by atoms with Crippen LogP contribution in [0.15, 0.2) is 30.6 Å². The van der Waals surface area contributed by atoms with Crippen molar-refractivity contribution in [3.05, 3.63) is 42.0 Å². The standard InChI is InChI=1S/C15H20N4O2/c1-3-4-9-21-13-7-5-12(6-8-13)15(20)18-11(2)14-16-10-17-19-14/h5-8,10-11H,3-4,9H2,1-2H3,(H,18,20)(H,16,17,19). The van der Waals surface area contributed by atoms with Gasteiger partial charge in [-0.05, 0) is 37.6 Å². The van der Waals surface area contributed by atoms with Gasteiger partial charge in [-0.25, -0.2) is 4.98 Å². The van der Waals surface area contributed by atoms with Crippen molar-refractivity contribution in [2.75, 3.05) is 6.61 Å². The molecule has 6 heteroatoms. The largest absolute Gasteiger partial charge is 0.494 e. The molecule has 2 aromatic rings. The van der Waals surface area contributed by atoms with Gasteiger partial charge in [-0.1, -0.05) is 13.3 Å². The number of hydrogen-bond acceptors (Lipinski definition) is 4. The van der Waals surface area contributed by atoms with Crippen LogP contribution < -0.4 is 10.1 Å². The van der Waals surface area contributed by atoms with E-state index in [-0.39, 0.29) is 11.9 Å². The summed E-state index contributed by atoms with van der Waals surface area (Å²) in [5.41, 5.74) is 0.587. The number of aromatic nitrogens is 3. The third-order valence-electron chi connectivity index (χ3n) is 3.07. The predicted octanol–water partition coefficient (Wildman–Crippen LogP) is 2.47. The van der Waals surface area contributed by atoms with Crippen LogP contribution >= 0.6 is 0 Å². The molecular formula is C15H20N4O2. The van der Waals surface area contributed by atoms with Crippen LogP contribution in [0.5, 0.6) is 5.75 Å². The van der Waals surface area contributed by atoms with E-state index >= 15 is 0 Å². The number of nitrogens with one attached hydrogen (secondary N) is 2. The number of unbranched alkanes of at least 4 members (excludes halogenated alkanes) is 1. The molecule has 0 bridgehead atoms. The molecule has 6 nitrogen and oxygen atoms in total. The van der Waals surface area contributed by atoms with E-state index in [0.29, 0.717) is 18.0 Å². The highest BCUT2D eigenvalue weighted by atomic mass is 16.5. The third kappa shape index (κ3) is 4.30. The summed E-state index contributed by atoms with van der Waals surface area (Å²) in [5.74, 6) is 1.25. The van der Waals surface area contributed by atoms with E-state index in [1.54, 1.807) is 12.1 Å². The van der Waals surface area contributed by atoms with E-state index in [2.05, 4.69) is 27.4 Å². The highest BCUT2D eigenvalue weighted by Crippen LogP contribution is 2.14. The van der Waals surface area contributed by atoms with E-state index in [1.807, 2.05) is 19.1 Å². The van der Waals surface area contributed by atoms with Gasteiger partial charge in [0.05, 0.1) is 12.6 Å². The Morgan fingerprint density at radius 1 is 1.38 bits per heavy atom. The lowest BCUT2D eigenvalue weighted by Crippen LogP contribution is -2.27. The first-order valence-corrected chi connectivity index (χ1v) is 7.09. The normalized spacial score (nSPS) is 11.9. The average Bonchev–Trinajstić information content (AvgIpc) is 3.02. The average molecular weight is 288 g/mol. The molecule has 1 aromatic carbocycles. The molecule has 21 heavy (non-hydrogen) atoms. The zero-order chi connectivity index (χ0) is 15.1. The van der Waals surface area contributed by atoms with Crippen molar-refractivity contribution in [2.45, 2.75) is 32.7 Å². The molecule has 1 aromatic heterocycles. The molecule has 1 unspecified atom stereocenters. The van der Waals surface area contributed by atoms with Crippen LogP contribution in [0.1, 0.15) is 48.9 Å². The van der Waals surface area contributed by atoms with Crippen LogP contribution in [0.25, 0.3) is 0 Å². The molecule has 1 heterocycles. The Labute approximate surface area is 123 Å². The maximum atomic E-state index is 12.1. The molecule has 0 saturated carbocycles. The molecule has 0 aliphatic heterocycles. The van der Waals surface area contributed by atoms with Crippen LogP contribution in [0, 0.1) is 0 Å². The Bertz CT molecular complexity index is 552. The first-order chi connectivity index (χ1) is 10.2. The second-order valence-corrected chi connectivity index (χ2v) is 4.79. The second kappa shape index (κ2) is 7.42. The number of ether oxygens (including phenoxy) is 1. The highest BCUT2D eigenvalue weighted by Gasteiger charge is 2.13. The molecule has 0 aliphatic rings. The number of nitrogens with zero attached hydrogens (tertiary/aromatic N) is 2. The van der Waals surface area contributed by atoms with Crippen LogP contribution in [0.2, 0.25) is 0 Å². The zero-order valence-corrected chi connectivity index (χ0v) is 12.3. The predicted molar refractivity (Wildman–Crippen MR) is 79.1 cm³/mol. The first-order valence-electron chi connectivity index (χ1n) is 7.09. The summed E-state index contributed by atoms with van der Waals surface area (Å²) in [6.07, 6.45) is 3.54. The van der Waals surface area contributed by atoms with Gasteiger partial charge in [-0.2, -0.15) is 5.10 Å². The number of benzene rings is 1.